The first-order chi connectivity index (χ1) is 7.00. The predicted octanol–water partition coefficient (Wildman–Crippen LogP) is 1.25. The van der Waals surface area contributed by atoms with Crippen molar-refractivity contribution in [1.29, 1.82) is 0 Å². The van der Waals surface area contributed by atoms with Gasteiger partial charge in [-0.25, -0.2) is 4.98 Å². The molecule has 0 fully saturated rings. The molecule has 0 bridgehead atoms. The van der Waals surface area contributed by atoms with E-state index in [-0.39, 0.29) is 11.9 Å². The lowest BCUT2D eigenvalue weighted by molar-refractivity contribution is 0.0944. The van der Waals surface area contributed by atoms with Gasteiger partial charge in [0.2, 0.25) is 0 Å². The maximum absolute atomic E-state index is 11.7. The molecule has 0 saturated carbocycles. The van der Waals surface area contributed by atoms with Crippen molar-refractivity contribution in [3.63, 3.8) is 0 Å². The molecule has 1 atom stereocenters. The van der Waals surface area contributed by atoms with Crippen LogP contribution < -0.4 is 11.1 Å². The van der Waals surface area contributed by atoms with E-state index in [1.807, 2.05) is 13.8 Å². The Morgan fingerprint density at radius 3 is 2.93 bits per heavy atom. The van der Waals surface area contributed by atoms with Gasteiger partial charge in [0.05, 0.1) is 16.2 Å². The number of thiocarbonyl (C=S) groups is 1. The van der Waals surface area contributed by atoms with Crippen molar-refractivity contribution in [2.24, 2.45) is 5.73 Å². The molecular formula is C9H13N3OS2. The van der Waals surface area contributed by atoms with Crippen molar-refractivity contribution in [3.05, 3.63) is 16.1 Å². The van der Waals surface area contributed by atoms with Crippen LogP contribution in [0.3, 0.4) is 0 Å². The van der Waals surface area contributed by atoms with Crippen LogP contribution in [0.4, 0.5) is 0 Å². The fourth-order valence-electron chi connectivity index (χ4n) is 1.16. The molecule has 1 aromatic rings. The summed E-state index contributed by atoms with van der Waals surface area (Å²) in [5, 5.41) is 2.82. The van der Waals surface area contributed by atoms with E-state index < -0.39 is 0 Å². The average Bonchev–Trinajstić information content (AvgIpc) is 2.49. The van der Waals surface area contributed by atoms with Crippen LogP contribution in [0.5, 0.6) is 0 Å². The third-order valence-electron chi connectivity index (χ3n) is 1.84. The third-order valence-corrected chi connectivity index (χ3v) is 2.93. The van der Waals surface area contributed by atoms with Crippen molar-refractivity contribution >= 4 is 34.5 Å². The highest BCUT2D eigenvalue weighted by Crippen LogP contribution is 2.11. The summed E-state index contributed by atoms with van der Waals surface area (Å²) in [7, 11) is 0. The van der Waals surface area contributed by atoms with E-state index in [9.17, 15) is 4.79 Å². The summed E-state index contributed by atoms with van der Waals surface area (Å²) in [6.07, 6.45) is 0.513. The Morgan fingerprint density at radius 2 is 2.47 bits per heavy atom. The summed E-state index contributed by atoms with van der Waals surface area (Å²) >= 11 is 6.10. The minimum Gasteiger partial charge on any atom is -0.393 e. The van der Waals surface area contributed by atoms with Crippen molar-refractivity contribution in [1.82, 2.24) is 10.3 Å². The van der Waals surface area contributed by atoms with Gasteiger partial charge in [-0.05, 0) is 13.8 Å². The zero-order chi connectivity index (χ0) is 11.4. The van der Waals surface area contributed by atoms with E-state index in [0.717, 1.165) is 5.69 Å². The van der Waals surface area contributed by atoms with E-state index in [4.69, 9.17) is 18.0 Å². The third kappa shape index (κ3) is 3.56. The van der Waals surface area contributed by atoms with Gasteiger partial charge in [0.15, 0.2) is 0 Å². The van der Waals surface area contributed by atoms with E-state index in [1.54, 1.807) is 5.51 Å². The van der Waals surface area contributed by atoms with Crippen LogP contribution in [-0.4, -0.2) is 21.9 Å². The zero-order valence-electron chi connectivity index (χ0n) is 8.61. The monoisotopic (exact) mass is 243 g/mol. The van der Waals surface area contributed by atoms with Gasteiger partial charge in [-0.3, -0.25) is 4.79 Å². The maximum Gasteiger partial charge on any atom is 0.263 e. The van der Waals surface area contributed by atoms with Gasteiger partial charge in [0.25, 0.3) is 5.91 Å². The molecule has 0 radical (unpaired) electrons. The van der Waals surface area contributed by atoms with Crippen LogP contribution in [0.1, 0.15) is 28.7 Å². The number of nitrogens with one attached hydrogen (secondary N) is 1. The summed E-state index contributed by atoms with van der Waals surface area (Å²) in [5.74, 6) is -0.112. The van der Waals surface area contributed by atoms with Crippen molar-refractivity contribution in [2.45, 2.75) is 26.3 Å². The molecule has 0 aliphatic carbocycles. The molecular weight excluding hydrogens is 230 g/mol. The smallest absolute Gasteiger partial charge is 0.263 e. The van der Waals surface area contributed by atoms with Gasteiger partial charge < -0.3 is 11.1 Å². The number of nitrogens with two attached hydrogens (primary N) is 1. The van der Waals surface area contributed by atoms with Crippen molar-refractivity contribution in [3.8, 4) is 0 Å². The van der Waals surface area contributed by atoms with Crippen molar-refractivity contribution in [2.75, 3.05) is 0 Å². The van der Waals surface area contributed by atoms with Gasteiger partial charge in [-0.2, -0.15) is 0 Å². The number of amides is 1. The summed E-state index contributed by atoms with van der Waals surface area (Å²) in [5.41, 5.74) is 7.79. The Hall–Kier alpha value is -1.01. The summed E-state index contributed by atoms with van der Waals surface area (Å²) < 4.78 is 0. The van der Waals surface area contributed by atoms with E-state index in [1.165, 1.54) is 11.3 Å². The summed E-state index contributed by atoms with van der Waals surface area (Å²) in [6.45, 7) is 3.68. The molecule has 3 N–H and O–H groups in total. The normalized spacial score (nSPS) is 12.1. The van der Waals surface area contributed by atoms with E-state index in [2.05, 4.69) is 10.3 Å². The van der Waals surface area contributed by atoms with E-state index in [0.29, 0.717) is 16.3 Å². The predicted molar refractivity (Wildman–Crippen MR) is 65.2 cm³/mol. The molecule has 1 rings (SSSR count). The Balaban J connectivity index is 2.56. The zero-order valence-corrected chi connectivity index (χ0v) is 10.2. The van der Waals surface area contributed by atoms with Gasteiger partial charge in [0, 0.05) is 12.5 Å². The van der Waals surface area contributed by atoms with Gasteiger partial charge >= 0.3 is 0 Å². The molecule has 1 amide bonds. The first-order valence-electron chi connectivity index (χ1n) is 4.50. The standard InChI is InChI=1S/C9H13N3OS2/c1-5(3-7(10)14)12-9(13)8-6(2)11-4-15-8/h4-5H,3H2,1-2H3,(H2,10,14)(H,12,13). The van der Waals surface area contributed by atoms with Crippen LogP contribution in [-0.2, 0) is 0 Å². The number of thiazole rings is 1. The molecule has 4 nitrogen and oxygen atoms in total. The molecule has 82 valence electrons. The van der Waals surface area contributed by atoms with Gasteiger partial charge in [-0.1, -0.05) is 12.2 Å². The van der Waals surface area contributed by atoms with Crippen LogP contribution in [0.25, 0.3) is 0 Å². The minimum absolute atomic E-state index is 0.0449. The van der Waals surface area contributed by atoms with Gasteiger partial charge in [0.1, 0.15) is 4.88 Å². The van der Waals surface area contributed by atoms with Gasteiger partial charge in [-0.15, -0.1) is 11.3 Å². The Morgan fingerprint density at radius 1 is 1.80 bits per heavy atom. The summed E-state index contributed by atoms with van der Waals surface area (Å²) in [4.78, 5) is 16.8. The van der Waals surface area contributed by atoms with Crippen molar-refractivity contribution < 1.29 is 4.79 Å². The fraction of sp³-hybridized carbons (Fsp3) is 0.444. The Labute approximate surface area is 97.9 Å². The second kappa shape index (κ2) is 5.18. The topological polar surface area (TPSA) is 68.0 Å². The number of carbonyl (C=O) groups excluding carboxylic acids is 1. The van der Waals surface area contributed by atoms with Crippen LogP contribution >= 0.6 is 23.6 Å². The van der Waals surface area contributed by atoms with E-state index >= 15 is 0 Å². The number of rotatable bonds is 4. The first-order valence-corrected chi connectivity index (χ1v) is 5.78. The molecule has 0 aliphatic rings. The number of aryl methyl sites for hydroxylation is 1. The molecule has 6 heteroatoms. The number of hydrogen-bond acceptors (Lipinski definition) is 4. The fourth-order valence-corrected chi connectivity index (χ4v) is 2.12. The van der Waals surface area contributed by atoms with Crippen LogP contribution in [0.2, 0.25) is 0 Å². The molecule has 0 spiro atoms. The highest BCUT2D eigenvalue weighted by Gasteiger charge is 2.14. The second-order valence-corrected chi connectivity index (χ2v) is 4.69. The van der Waals surface area contributed by atoms with Crippen LogP contribution in [0, 0.1) is 6.92 Å². The number of nitrogens with zero attached hydrogens (tertiary/aromatic N) is 1. The number of carbonyl (C=O) groups is 1. The molecule has 0 aliphatic heterocycles. The highest BCUT2D eigenvalue weighted by atomic mass is 32.1. The lowest BCUT2D eigenvalue weighted by atomic mass is 10.2. The average molecular weight is 243 g/mol. The molecule has 1 unspecified atom stereocenters. The lowest BCUT2D eigenvalue weighted by Gasteiger charge is -2.12. The SMILES string of the molecule is Cc1ncsc1C(=O)NC(C)CC(N)=S. The summed E-state index contributed by atoms with van der Waals surface area (Å²) in [6, 6.07) is -0.0449. The number of hydrogen-bond donors (Lipinski definition) is 2. The molecule has 0 aromatic carbocycles. The minimum atomic E-state index is -0.112. The second-order valence-electron chi connectivity index (χ2n) is 3.31. The largest absolute Gasteiger partial charge is 0.393 e. The molecule has 0 saturated heterocycles. The lowest BCUT2D eigenvalue weighted by Crippen LogP contribution is -2.35. The Kier molecular flexibility index (Phi) is 4.16. The Bertz CT molecular complexity index is 375. The molecule has 1 aromatic heterocycles. The number of aromatic nitrogens is 1. The highest BCUT2D eigenvalue weighted by molar-refractivity contribution is 7.80. The maximum atomic E-state index is 11.7. The first kappa shape index (κ1) is 12.1. The molecule has 15 heavy (non-hydrogen) atoms. The molecule has 1 heterocycles. The van der Waals surface area contributed by atoms with Crippen LogP contribution in [0.15, 0.2) is 5.51 Å². The quantitative estimate of drug-likeness (QED) is 0.781.